The molecule has 4 nitrogen and oxygen atoms in total. The predicted molar refractivity (Wildman–Crippen MR) is 66.9 cm³/mol. The molecule has 0 aliphatic heterocycles. The van der Waals surface area contributed by atoms with E-state index in [1.165, 1.54) is 0 Å². The molecule has 90 valence electrons. The Kier molecular flexibility index (Phi) is 3.74. The van der Waals surface area contributed by atoms with Crippen LogP contribution in [0.4, 0.5) is 5.95 Å². The number of nitrogens with zero attached hydrogens (tertiary/aromatic N) is 2. The molecule has 1 atom stereocenters. The number of nitrogens with one attached hydrogen (secondary N) is 1. The Balaban J connectivity index is 2.04. The van der Waals surface area contributed by atoms with Gasteiger partial charge in [-0.25, -0.2) is 9.97 Å². The van der Waals surface area contributed by atoms with Crippen LogP contribution in [0.1, 0.15) is 25.0 Å². The van der Waals surface area contributed by atoms with E-state index in [2.05, 4.69) is 21.4 Å². The first-order chi connectivity index (χ1) is 8.15. The van der Waals surface area contributed by atoms with E-state index in [1.807, 2.05) is 13.0 Å². The summed E-state index contributed by atoms with van der Waals surface area (Å²) in [6.07, 6.45) is 6.75. The van der Waals surface area contributed by atoms with Gasteiger partial charge in [0.2, 0.25) is 11.9 Å². The maximum atomic E-state index is 11.9. The molecule has 0 saturated carbocycles. The second kappa shape index (κ2) is 5.27. The highest BCUT2D eigenvalue weighted by Crippen LogP contribution is 2.19. The molecule has 1 unspecified atom stereocenters. The number of hydrogen-bond acceptors (Lipinski definition) is 3. The van der Waals surface area contributed by atoms with E-state index in [0.29, 0.717) is 5.15 Å². The van der Waals surface area contributed by atoms with Gasteiger partial charge < -0.3 is 0 Å². The summed E-state index contributed by atoms with van der Waals surface area (Å²) in [4.78, 5) is 20.0. The van der Waals surface area contributed by atoms with Crippen LogP contribution in [-0.2, 0) is 4.79 Å². The Hall–Kier alpha value is -1.42. The molecule has 17 heavy (non-hydrogen) atoms. The molecule has 1 aliphatic carbocycles. The Morgan fingerprint density at radius 2 is 2.29 bits per heavy atom. The molecule has 1 aromatic heterocycles. The Labute approximate surface area is 105 Å². The van der Waals surface area contributed by atoms with Gasteiger partial charge in [-0.1, -0.05) is 23.8 Å². The number of aryl methyl sites for hydroxylation is 1. The first kappa shape index (κ1) is 12.0. The van der Waals surface area contributed by atoms with Gasteiger partial charge in [0.15, 0.2) is 0 Å². The number of allylic oxidation sites excluding steroid dienone is 2. The minimum absolute atomic E-state index is 0.0166. The van der Waals surface area contributed by atoms with Crippen LogP contribution in [0.5, 0.6) is 0 Å². The molecule has 1 heterocycles. The summed E-state index contributed by atoms with van der Waals surface area (Å²) in [6.45, 7) is 1.81. The fraction of sp³-hybridized carbons (Fsp3) is 0.417. The molecule has 1 N–H and O–H groups in total. The van der Waals surface area contributed by atoms with Gasteiger partial charge in [0.25, 0.3) is 0 Å². The third-order valence-electron chi connectivity index (χ3n) is 2.70. The first-order valence-electron chi connectivity index (χ1n) is 5.62. The van der Waals surface area contributed by atoms with E-state index in [9.17, 15) is 4.79 Å². The normalized spacial score (nSPS) is 19.1. The minimum Gasteiger partial charge on any atom is -0.294 e. The lowest BCUT2D eigenvalue weighted by atomic mass is 9.94. The highest BCUT2D eigenvalue weighted by Gasteiger charge is 2.19. The van der Waals surface area contributed by atoms with Crippen LogP contribution >= 0.6 is 11.6 Å². The predicted octanol–water partition coefficient (Wildman–Crippen LogP) is 2.73. The van der Waals surface area contributed by atoms with Crippen LogP contribution in [0, 0.1) is 12.8 Å². The molecular formula is C12H14ClN3O. The number of rotatable bonds is 2. The van der Waals surface area contributed by atoms with Crippen LogP contribution in [0.2, 0.25) is 5.15 Å². The molecule has 0 saturated heterocycles. The van der Waals surface area contributed by atoms with Crippen molar-refractivity contribution >= 4 is 23.5 Å². The second-order valence-electron chi connectivity index (χ2n) is 4.13. The van der Waals surface area contributed by atoms with E-state index in [4.69, 9.17) is 11.6 Å². The maximum absolute atomic E-state index is 11.9. The highest BCUT2D eigenvalue weighted by molar-refractivity contribution is 6.29. The van der Waals surface area contributed by atoms with Crippen molar-refractivity contribution in [3.05, 3.63) is 29.1 Å². The smallest absolute Gasteiger partial charge is 0.231 e. The number of halogens is 1. The minimum atomic E-state index is -0.0315. The number of amides is 1. The molecule has 5 heteroatoms. The quantitative estimate of drug-likeness (QED) is 0.650. The van der Waals surface area contributed by atoms with Gasteiger partial charge >= 0.3 is 0 Å². The zero-order valence-electron chi connectivity index (χ0n) is 9.61. The summed E-state index contributed by atoms with van der Waals surface area (Å²) in [5.74, 6) is 0.272. The molecule has 1 aromatic rings. The van der Waals surface area contributed by atoms with E-state index < -0.39 is 0 Å². The average Bonchev–Trinajstić information content (AvgIpc) is 2.28. The molecule has 1 aliphatic rings. The van der Waals surface area contributed by atoms with E-state index >= 15 is 0 Å². The summed E-state index contributed by atoms with van der Waals surface area (Å²) in [5.41, 5.74) is 0.740. The van der Waals surface area contributed by atoms with Crippen molar-refractivity contribution in [2.24, 2.45) is 5.92 Å². The Morgan fingerprint density at radius 1 is 1.47 bits per heavy atom. The van der Waals surface area contributed by atoms with Crippen molar-refractivity contribution in [2.75, 3.05) is 5.32 Å². The fourth-order valence-electron chi connectivity index (χ4n) is 1.83. The van der Waals surface area contributed by atoms with Crippen molar-refractivity contribution < 1.29 is 4.79 Å². The molecule has 1 amide bonds. The topological polar surface area (TPSA) is 54.9 Å². The van der Waals surface area contributed by atoms with Gasteiger partial charge in [-0.15, -0.1) is 0 Å². The van der Waals surface area contributed by atoms with E-state index in [0.717, 1.165) is 25.0 Å². The average molecular weight is 252 g/mol. The first-order valence-corrected chi connectivity index (χ1v) is 6.00. The zero-order chi connectivity index (χ0) is 12.3. The standard InChI is InChI=1S/C12H14ClN3O/c1-8-7-10(13)15-12(14-8)16-11(17)9-5-3-2-4-6-9/h2-3,7,9H,4-6H2,1H3,(H,14,15,16,17). The fourth-order valence-corrected chi connectivity index (χ4v) is 2.07. The number of anilines is 1. The van der Waals surface area contributed by atoms with Gasteiger partial charge in [-0.2, -0.15) is 0 Å². The van der Waals surface area contributed by atoms with Crippen LogP contribution in [0.25, 0.3) is 0 Å². The number of carbonyl (C=O) groups excluding carboxylic acids is 1. The van der Waals surface area contributed by atoms with Crippen molar-refractivity contribution in [1.82, 2.24) is 9.97 Å². The summed E-state index contributed by atoms with van der Waals surface area (Å²) < 4.78 is 0. The second-order valence-corrected chi connectivity index (χ2v) is 4.51. The van der Waals surface area contributed by atoms with E-state index in [1.54, 1.807) is 6.07 Å². The van der Waals surface area contributed by atoms with Crippen LogP contribution in [0.3, 0.4) is 0 Å². The number of carbonyl (C=O) groups is 1. The number of hydrogen-bond donors (Lipinski definition) is 1. The molecular weight excluding hydrogens is 238 g/mol. The molecule has 0 spiro atoms. The third-order valence-corrected chi connectivity index (χ3v) is 2.89. The van der Waals surface area contributed by atoms with Crippen molar-refractivity contribution in [3.8, 4) is 0 Å². The highest BCUT2D eigenvalue weighted by atomic mass is 35.5. The zero-order valence-corrected chi connectivity index (χ0v) is 10.4. The Morgan fingerprint density at radius 3 is 2.94 bits per heavy atom. The molecule has 0 aromatic carbocycles. The van der Waals surface area contributed by atoms with E-state index in [-0.39, 0.29) is 17.8 Å². The Bertz CT molecular complexity index is 439. The van der Waals surface area contributed by atoms with Gasteiger partial charge in [0.1, 0.15) is 5.15 Å². The molecule has 0 fully saturated rings. The van der Waals surface area contributed by atoms with Gasteiger partial charge in [0, 0.05) is 11.6 Å². The summed E-state index contributed by atoms with van der Waals surface area (Å²) in [5, 5.41) is 3.06. The SMILES string of the molecule is Cc1cc(Cl)nc(NC(=O)C2CC=CCC2)n1. The summed E-state index contributed by atoms with van der Waals surface area (Å²) >= 11 is 5.81. The van der Waals surface area contributed by atoms with Gasteiger partial charge in [0.05, 0.1) is 0 Å². The lowest BCUT2D eigenvalue weighted by molar-refractivity contribution is -0.120. The number of aromatic nitrogens is 2. The molecule has 0 bridgehead atoms. The monoisotopic (exact) mass is 251 g/mol. The van der Waals surface area contributed by atoms with Gasteiger partial charge in [-0.3, -0.25) is 10.1 Å². The van der Waals surface area contributed by atoms with Crippen LogP contribution in [0.15, 0.2) is 18.2 Å². The summed E-state index contributed by atoms with van der Waals surface area (Å²) in [7, 11) is 0. The molecule has 2 rings (SSSR count). The van der Waals surface area contributed by atoms with Crippen molar-refractivity contribution in [2.45, 2.75) is 26.2 Å². The largest absolute Gasteiger partial charge is 0.294 e. The lowest BCUT2D eigenvalue weighted by Gasteiger charge is -2.16. The van der Waals surface area contributed by atoms with Crippen LogP contribution < -0.4 is 5.32 Å². The van der Waals surface area contributed by atoms with Crippen molar-refractivity contribution in [1.29, 1.82) is 0 Å². The van der Waals surface area contributed by atoms with Gasteiger partial charge in [-0.05, 0) is 32.3 Å². The summed E-state index contributed by atoms with van der Waals surface area (Å²) in [6, 6.07) is 1.65. The molecule has 0 radical (unpaired) electrons. The third kappa shape index (κ3) is 3.27. The maximum Gasteiger partial charge on any atom is 0.231 e. The van der Waals surface area contributed by atoms with Crippen molar-refractivity contribution in [3.63, 3.8) is 0 Å². The lowest BCUT2D eigenvalue weighted by Crippen LogP contribution is -2.24. The van der Waals surface area contributed by atoms with Crippen LogP contribution in [-0.4, -0.2) is 15.9 Å².